The van der Waals surface area contributed by atoms with E-state index in [0.717, 1.165) is 59.1 Å². The number of hydrogen-bond donors (Lipinski definition) is 0. The molecule has 6 nitrogen and oxygen atoms in total. The summed E-state index contributed by atoms with van der Waals surface area (Å²) in [6.45, 7) is -0.157. The summed E-state index contributed by atoms with van der Waals surface area (Å²) < 4.78 is 16.1. The van der Waals surface area contributed by atoms with Gasteiger partial charge in [0.2, 0.25) is 0 Å². The highest BCUT2D eigenvalue weighted by atomic mass is 19.1. The number of nitrogens with zero attached hydrogens (tertiary/aromatic N) is 6. The Bertz CT molecular complexity index is 1230. The maximum Gasteiger partial charge on any atom is 0.109 e. The van der Waals surface area contributed by atoms with E-state index in [4.69, 9.17) is 4.98 Å². The molecular weight excluding hydrogens is 391 g/mol. The number of benzene rings is 1. The van der Waals surface area contributed by atoms with E-state index in [1.807, 2.05) is 29.3 Å². The van der Waals surface area contributed by atoms with Crippen molar-refractivity contribution in [3.05, 3.63) is 60.9 Å². The first-order valence-corrected chi connectivity index (χ1v) is 10.7. The molecule has 0 amide bonds. The third-order valence-electron chi connectivity index (χ3n) is 6.23. The summed E-state index contributed by atoms with van der Waals surface area (Å²) in [7, 11) is 0. The van der Waals surface area contributed by atoms with Crippen molar-refractivity contribution in [1.82, 2.24) is 24.4 Å². The molecular formula is C24H23FN6. The minimum absolute atomic E-state index is 0.169. The van der Waals surface area contributed by atoms with Crippen LogP contribution in [-0.2, 0) is 6.54 Å². The minimum Gasteiger partial charge on any atom is -0.269 e. The topological polar surface area (TPSA) is 71.8 Å². The molecule has 4 aromatic rings. The SMILES string of the molecule is N#CC1CCC(c2nccn3ncc(-c4ccc(-c5cnn(CCF)c5)cc4)c23)CC1. The zero-order chi connectivity index (χ0) is 21.2. The molecule has 1 fully saturated rings. The Balaban J connectivity index is 1.47. The van der Waals surface area contributed by atoms with Crippen molar-refractivity contribution in [2.24, 2.45) is 5.92 Å². The van der Waals surface area contributed by atoms with Gasteiger partial charge < -0.3 is 0 Å². The molecule has 1 aromatic carbocycles. The average Bonchev–Trinajstić information content (AvgIpc) is 3.47. The minimum atomic E-state index is -0.427. The highest BCUT2D eigenvalue weighted by molar-refractivity contribution is 5.83. The van der Waals surface area contributed by atoms with E-state index in [1.165, 1.54) is 0 Å². The van der Waals surface area contributed by atoms with Gasteiger partial charge >= 0.3 is 0 Å². The van der Waals surface area contributed by atoms with Gasteiger partial charge in [0.15, 0.2) is 0 Å². The Kier molecular flexibility index (Phi) is 5.21. The molecule has 3 heterocycles. The van der Waals surface area contributed by atoms with Crippen molar-refractivity contribution < 1.29 is 4.39 Å². The highest BCUT2D eigenvalue weighted by Crippen LogP contribution is 2.38. The molecule has 0 spiro atoms. The Labute approximate surface area is 180 Å². The third-order valence-corrected chi connectivity index (χ3v) is 6.23. The summed E-state index contributed by atoms with van der Waals surface area (Å²) in [5.74, 6) is 0.520. The van der Waals surface area contributed by atoms with Gasteiger partial charge in [-0.1, -0.05) is 24.3 Å². The first kappa shape index (κ1) is 19.4. The lowest BCUT2D eigenvalue weighted by Gasteiger charge is -2.24. The Hall–Kier alpha value is -3.53. The van der Waals surface area contributed by atoms with Crippen LogP contribution >= 0.6 is 0 Å². The first-order chi connectivity index (χ1) is 15.3. The van der Waals surface area contributed by atoms with Crippen LogP contribution in [-0.4, -0.2) is 31.1 Å². The zero-order valence-electron chi connectivity index (χ0n) is 17.2. The lowest BCUT2D eigenvalue weighted by Crippen LogP contribution is -2.14. The van der Waals surface area contributed by atoms with Crippen LogP contribution in [0, 0.1) is 17.2 Å². The second-order valence-corrected chi connectivity index (χ2v) is 8.10. The van der Waals surface area contributed by atoms with E-state index >= 15 is 0 Å². The fraction of sp³-hybridized carbons (Fsp3) is 0.333. The number of hydrogen-bond acceptors (Lipinski definition) is 4. The monoisotopic (exact) mass is 414 g/mol. The number of alkyl halides is 1. The normalized spacial score (nSPS) is 18.8. The van der Waals surface area contributed by atoms with E-state index in [2.05, 4.69) is 40.5 Å². The van der Waals surface area contributed by atoms with Crippen molar-refractivity contribution >= 4 is 5.52 Å². The van der Waals surface area contributed by atoms with Crippen LogP contribution in [0.5, 0.6) is 0 Å². The molecule has 1 saturated carbocycles. The number of fused-ring (bicyclic) bond motifs is 1. The largest absolute Gasteiger partial charge is 0.269 e. The van der Waals surface area contributed by atoms with E-state index in [-0.39, 0.29) is 12.5 Å². The summed E-state index contributed by atoms with van der Waals surface area (Å²) in [4.78, 5) is 4.74. The van der Waals surface area contributed by atoms with Crippen molar-refractivity contribution in [1.29, 1.82) is 5.26 Å². The molecule has 0 radical (unpaired) electrons. The van der Waals surface area contributed by atoms with Crippen LogP contribution in [0.4, 0.5) is 4.39 Å². The summed E-state index contributed by atoms with van der Waals surface area (Å²) >= 11 is 0. The highest BCUT2D eigenvalue weighted by Gasteiger charge is 2.26. The maximum atomic E-state index is 12.5. The molecule has 0 atom stereocenters. The van der Waals surface area contributed by atoms with Crippen LogP contribution in [0.25, 0.3) is 27.8 Å². The summed E-state index contributed by atoms with van der Waals surface area (Å²) in [5.41, 5.74) is 6.27. The van der Waals surface area contributed by atoms with E-state index in [9.17, 15) is 9.65 Å². The molecule has 0 bridgehead atoms. The molecule has 1 aliphatic rings. The van der Waals surface area contributed by atoms with Crippen LogP contribution in [0.3, 0.4) is 0 Å². The van der Waals surface area contributed by atoms with Gasteiger partial charge in [0.05, 0.1) is 36.2 Å². The van der Waals surface area contributed by atoms with E-state index < -0.39 is 6.67 Å². The predicted molar refractivity (Wildman–Crippen MR) is 116 cm³/mol. The number of halogens is 1. The summed E-state index contributed by atoms with van der Waals surface area (Å²) in [6, 6.07) is 10.7. The third kappa shape index (κ3) is 3.70. The molecule has 156 valence electrons. The van der Waals surface area contributed by atoms with E-state index in [1.54, 1.807) is 10.9 Å². The van der Waals surface area contributed by atoms with Gasteiger partial charge in [-0.3, -0.25) is 9.67 Å². The molecule has 0 aliphatic heterocycles. The van der Waals surface area contributed by atoms with Crippen molar-refractivity contribution in [2.45, 2.75) is 38.1 Å². The lowest BCUT2D eigenvalue weighted by molar-refractivity contribution is 0.378. The van der Waals surface area contributed by atoms with Crippen LogP contribution in [0.2, 0.25) is 0 Å². The summed E-state index contributed by atoms with van der Waals surface area (Å²) in [6.07, 6.45) is 13.0. The van der Waals surface area contributed by atoms with Gasteiger partial charge in [-0.25, -0.2) is 8.91 Å². The van der Waals surface area contributed by atoms with Gasteiger partial charge in [-0.2, -0.15) is 15.5 Å². The molecule has 3 aromatic heterocycles. The fourth-order valence-corrected chi connectivity index (χ4v) is 4.54. The van der Waals surface area contributed by atoms with E-state index in [0.29, 0.717) is 5.92 Å². The molecule has 31 heavy (non-hydrogen) atoms. The number of aryl methyl sites for hydroxylation is 1. The molecule has 1 aliphatic carbocycles. The van der Waals surface area contributed by atoms with Gasteiger partial charge in [0.25, 0.3) is 0 Å². The Morgan fingerprint density at radius 3 is 2.52 bits per heavy atom. The number of aromatic nitrogens is 5. The van der Waals surface area contributed by atoms with Crippen molar-refractivity contribution in [3.8, 4) is 28.3 Å². The molecule has 5 rings (SSSR count). The van der Waals surface area contributed by atoms with Crippen LogP contribution < -0.4 is 0 Å². The molecule has 0 N–H and O–H groups in total. The summed E-state index contributed by atoms with van der Waals surface area (Å²) in [5, 5.41) is 18.0. The maximum absolute atomic E-state index is 12.5. The predicted octanol–water partition coefficient (Wildman–Crippen LogP) is 5.03. The zero-order valence-corrected chi connectivity index (χ0v) is 17.2. The fourth-order valence-electron chi connectivity index (χ4n) is 4.54. The van der Waals surface area contributed by atoms with Crippen molar-refractivity contribution in [3.63, 3.8) is 0 Å². The number of rotatable bonds is 5. The second-order valence-electron chi connectivity index (χ2n) is 8.10. The number of nitriles is 1. The van der Waals surface area contributed by atoms with Gasteiger partial charge in [0.1, 0.15) is 6.67 Å². The van der Waals surface area contributed by atoms with Crippen LogP contribution in [0.1, 0.15) is 37.3 Å². The molecule has 0 saturated heterocycles. The Morgan fingerprint density at radius 1 is 1.00 bits per heavy atom. The smallest absolute Gasteiger partial charge is 0.109 e. The van der Waals surface area contributed by atoms with Crippen LogP contribution in [0.15, 0.2) is 55.2 Å². The molecule has 0 unspecified atom stereocenters. The second kappa shape index (κ2) is 8.31. The Morgan fingerprint density at radius 2 is 1.77 bits per heavy atom. The van der Waals surface area contributed by atoms with Gasteiger partial charge in [-0.15, -0.1) is 0 Å². The first-order valence-electron chi connectivity index (χ1n) is 10.7. The van der Waals surface area contributed by atoms with Crippen molar-refractivity contribution in [2.75, 3.05) is 6.67 Å². The molecule has 7 heteroatoms. The van der Waals surface area contributed by atoms with Gasteiger partial charge in [0, 0.05) is 41.6 Å². The standard InChI is InChI=1S/C24H23FN6/c25-9-11-30-16-21(14-28-30)18-5-7-19(8-6-18)22-15-29-31-12-10-27-23(24(22)31)20-3-1-17(13-26)2-4-20/h5-8,10,12,14-17,20H,1-4,9,11H2. The van der Waals surface area contributed by atoms with Gasteiger partial charge in [-0.05, 0) is 36.8 Å². The average molecular weight is 414 g/mol. The quantitative estimate of drug-likeness (QED) is 0.459. The lowest BCUT2D eigenvalue weighted by atomic mass is 9.80.